The van der Waals surface area contributed by atoms with Crippen LogP contribution in [0, 0.1) is 6.92 Å². The third kappa shape index (κ3) is 2.57. The lowest BCUT2D eigenvalue weighted by molar-refractivity contribution is 0.0924. The van der Waals surface area contributed by atoms with E-state index in [0.29, 0.717) is 5.75 Å². The van der Waals surface area contributed by atoms with Crippen LogP contribution in [0.15, 0.2) is 28.0 Å². The highest BCUT2D eigenvalue weighted by molar-refractivity contribution is 7.98. The fourth-order valence-corrected chi connectivity index (χ4v) is 2.45. The van der Waals surface area contributed by atoms with Gasteiger partial charge in [0, 0.05) is 30.8 Å². The van der Waals surface area contributed by atoms with Crippen LogP contribution in [-0.4, -0.2) is 15.5 Å². The summed E-state index contributed by atoms with van der Waals surface area (Å²) in [5.41, 5.74) is 3.00. The largest absolute Gasteiger partial charge is 0.456 e. The van der Waals surface area contributed by atoms with E-state index in [1.807, 2.05) is 30.2 Å². The van der Waals surface area contributed by atoms with Crippen molar-refractivity contribution in [3.8, 4) is 0 Å². The molecule has 0 spiro atoms. The quantitative estimate of drug-likeness (QED) is 0.376. The van der Waals surface area contributed by atoms with E-state index >= 15 is 0 Å². The van der Waals surface area contributed by atoms with Gasteiger partial charge in [0.2, 0.25) is 0 Å². The van der Waals surface area contributed by atoms with Crippen LogP contribution < -0.4 is 11.3 Å². The summed E-state index contributed by atoms with van der Waals surface area (Å²) in [6, 6.07) is 1.70. The molecule has 6 nitrogen and oxygen atoms in total. The Hall–Kier alpha value is -1.73. The van der Waals surface area contributed by atoms with E-state index in [1.54, 1.807) is 24.0 Å². The third-order valence-electron chi connectivity index (χ3n) is 2.51. The average Bonchev–Trinajstić information content (AvgIpc) is 2.92. The summed E-state index contributed by atoms with van der Waals surface area (Å²) in [6.07, 6.45) is 3.63. The number of furan rings is 1. The third-order valence-corrected chi connectivity index (χ3v) is 3.62. The maximum absolute atomic E-state index is 11.3. The van der Waals surface area contributed by atoms with Crippen LogP contribution in [0.4, 0.5) is 0 Å². The molecule has 0 aromatic carbocycles. The van der Waals surface area contributed by atoms with Crippen molar-refractivity contribution in [3.63, 3.8) is 0 Å². The van der Waals surface area contributed by atoms with Crippen LogP contribution >= 0.6 is 11.8 Å². The van der Waals surface area contributed by atoms with Crippen molar-refractivity contribution in [3.05, 3.63) is 35.5 Å². The van der Waals surface area contributed by atoms with E-state index in [9.17, 15) is 4.79 Å². The van der Waals surface area contributed by atoms with E-state index in [4.69, 9.17) is 10.3 Å². The first kappa shape index (κ1) is 12.7. The van der Waals surface area contributed by atoms with Crippen molar-refractivity contribution >= 4 is 17.7 Å². The number of imidazole rings is 1. The number of carbonyl (C=O) groups excluding carboxylic acids is 1. The first-order chi connectivity index (χ1) is 8.61. The SMILES string of the molecule is Cc1oc(C(=O)NN)cc1CSc1nccn1C. The Morgan fingerprint density at radius 2 is 2.44 bits per heavy atom. The zero-order chi connectivity index (χ0) is 13.1. The highest BCUT2D eigenvalue weighted by Crippen LogP contribution is 2.24. The Bertz CT molecular complexity index is 561. The van der Waals surface area contributed by atoms with Crippen molar-refractivity contribution in [2.24, 2.45) is 12.9 Å². The molecule has 0 aliphatic heterocycles. The maximum atomic E-state index is 11.3. The van der Waals surface area contributed by atoms with Gasteiger partial charge in [-0.3, -0.25) is 10.2 Å². The van der Waals surface area contributed by atoms with Gasteiger partial charge in [-0.05, 0) is 13.0 Å². The number of nitrogens with one attached hydrogen (secondary N) is 1. The zero-order valence-electron chi connectivity index (χ0n) is 10.1. The van der Waals surface area contributed by atoms with Crippen molar-refractivity contribution in [1.29, 1.82) is 0 Å². The second-order valence-electron chi connectivity index (χ2n) is 3.77. The zero-order valence-corrected chi connectivity index (χ0v) is 11.0. The van der Waals surface area contributed by atoms with Crippen LogP contribution in [0.5, 0.6) is 0 Å². The van der Waals surface area contributed by atoms with E-state index in [0.717, 1.165) is 16.5 Å². The van der Waals surface area contributed by atoms with Crippen LogP contribution in [0.2, 0.25) is 0 Å². The number of aromatic nitrogens is 2. The second-order valence-corrected chi connectivity index (χ2v) is 4.72. The Morgan fingerprint density at radius 3 is 3.06 bits per heavy atom. The molecule has 0 saturated heterocycles. The van der Waals surface area contributed by atoms with Crippen LogP contribution in [0.25, 0.3) is 0 Å². The van der Waals surface area contributed by atoms with Crippen molar-refractivity contribution < 1.29 is 9.21 Å². The Labute approximate surface area is 109 Å². The molecule has 0 aliphatic rings. The Morgan fingerprint density at radius 1 is 1.67 bits per heavy atom. The summed E-state index contributed by atoms with van der Waals surface area (Å²) in [4.78, 5) is 15.5. The van der Waals surface area contributed by atoms with Gasteiger partial charge < -0.3 is 8.98 Å². The van der Waals surface area contributed by atoms with Crippen LogP contribution in [0.1, 0.15) is 21.9 Å². The van der Waals surface area contributed by atoms with Gasteiger partial charge in [0.05, 0.1) is 0 Å². The molecule has 0 unspecified atom stereocenters. The topological polar surface area (TPSA) is 86.1 Å². The number of rotatable bonds is 4. The smallest absolute Gasteiger partial charge is 0.300 e. The molecular weight excluding hydrogens is 252 g/mol. The summed E-state index contributed by atoms with van der Waals surface area (Å²) in [7, 11) is 1.94. The molecule has 0 radical (unpaired) electrons. The minimum absolute atomic E-state index is 0.227. The predicted molar refractivity (Wildman–Crippen MR) is 67.9 cm³/mol. The van der Waals surface area contributed by atoms with Gasteiger partial charge in [0.1, 0.15) is 5.76 Å². The van der Waals surface area contributed by atoms with Gasteiger partial charge in [0.15, 0.2) is 10.9 Å². The molecule has 0 aliphatic carbocycles. The predicted octanol–water partition coefficient (Wildman–Crippen LogP) is 1.22. The fraction of sp³-hybridized carbons (Fsp3) is 0.273. The van der Waals surface area contributed by atoms with Crippen molar-refractivity contribution in [2.75, 3.05) is 0 Å². The standard InChI is InChI=1S/C11H14N4O2S/c1-7-8(5-9(17-7)10(16)14-12)6-18-11-13-3-4-15(11)2/h3-5H,6,12H2,1-2H3,(H,14,16). The summed E-state index contributed by atoms with van der Waals surface area (Å²) >= 11 is 1.58. The average molecular weight is 266 g/mol. The Kier molecular flexibility index (Phi) is 3.73. The monoisotopic (exact) mass is 266 g/mol. The summed E-state index contributed by atoms with van der Waals surface area (Å²) in [5, 5.41) is 0.917. The molecule has 1 amide bonds. The number of nitrogen functional groups attached to an aromatic ring is 1. The van der Waals surface area contributed by atoms with Gasteiger partial charge >= 0.3 is 5.91 Å². The van der Waals surface area contributed by atoms with E-state index in [-0.39, 0.29) is 5.76 Å². The van der Waals surface area contributed by atoms with Gasteiger partial charge in [-0.15, -0.1) is 0 Å². The molecule has 2 heterocycles. The number of hydrazine groups is 1. The van der Waals surface area contributed by atoms with Gasteiger partial charge in [-0.1, -0.05) is 11.8 Å². The number of aryl methyl sites for hydroxylation is 2. The van der Waals surface area contributed by atoms with Gasteiger partial charge in [0.25, 0.3) is 0 Å². The summed E-state index contributed by atoms with van der Waals surface area (Å²) in [5.74, 6) is 6.27. The number of carbonyl (C=O) groups is 1. The Balaban J connectivity index is 2.08. The highest BCUT2D eigenvalue weighted by atomic mass is 32.2. The molecule has 7 heteroatoms. The van der Waals surface area contributed by atoms with Crippen molar-refractivity contribution in [2.45, 2.75) is 17.8 Å². The fourth-order valence-electron chi connectivity index (χ4n) is 1.48. The molecule has 2 aromatic heterocycles. The minimum atomic E-state index is -0.425. The number of hydrogen-bond donors (Lipinski definition) is 2. The molecule has 2 aromatic rings. The van der Waals surface area contributed by atoms with Crippen molar-refractivity contribution in [1.82, 2.24) is 15.0 Å². The van der Waals surface area contributed by atoms with E-state index < -0.39 is 5.91 Å². The second kappa shape index (κ2) is 5.28. The molecule has 3 N–H and O–H groups in total. The van der Waals surface area contributed by atoms with Gasteiger partial charge in [-0.2, -0.15) is 0 Å². The number of nitrogens with zero attached hydrogens (tertiary/aromatic N) is 2. The number of amides is 1. The first-order valence-corrected chi connectivity index (χ1v) is 6.30. The lowest BCUT2D eigenvalue weighted by Gasteiger charge is -1.99. The molecule has 2 rings (SSSR count). The molecule has 96 valence electrons. The van der Waals surface area contributed by atoms with Gasteiger partial charge in [-0.25, -0.2) is 10.8 Å². The number of hydrogen-bond acceptors (Lipinski definition) is 5. The normalized spacial score (nSPS) is 10.6. The van der Waals surface area contributed by atoms with E-state index in [2.05, 4.69) is 4.98 Å². The maximum Gasteiger partial charge on any atom is 0.300 e. The van der Waals surface area contributed by atoms with E-state index in [1.165, 1.54) is 0 Å². The summed E-state index contributed by atoms with van der Waals surface area (Å²) in [6.45, 7) is 1.82. The number of thioether (sulfide) groups is 1. The lowest BCUT2D eigenvalue weighted by Crippen LogP contribution is -2.29. The van der Waals surface area contributed by atoms with Crippen LogP contribution in [0.3, 0.4) is 0 Å². The molecule has 0 saturated carbocycles. The molecule has 0 fully saturated rings. The molecular formula is C11H14N4O2S. The highest BCUT2D eigenvalue weighted by Gasteiger charge is 2.14. The summed E-state index contributed by atoms with van der Waals surface area (Å²) < 4.78 is 7.27. The lowest BCUT2D eigenvalue weighted by atomic mass is 10.3. The number of nitrogens with two attached hydrogens (primary N) is 1. The van der Waals surface area contributed by atoms with Crippen LogP contribution in [-0.2, 0) is 12.8 Å². The molecule has 0 atom stereocenters. The first-order valence-electron chi connectivity index (χ1n) is 5.32. The minimum Gasteiger partial charge on any atom is -0.456 e. The molecule has 18 heavy (non-hydrogen) atoms. The molecule has 0 bridgehead atoms.